The second kappa shape index (κ2) is 8.97. The number of carboxylic acid groups (broad SMARTS) is 1. The van der Waals surface area contributed by atoms with E-state index in [1.54, 1.807) is 7.11 Å². The van der Waals surface area contributed by atoms with Crippen molar-refractivity contribution in [2.24, 2.45) is 0 Å². The predicted molar refractivity (Wildman–Crippen MR) is 80.5 cm³/mol. The van der Waals surface area contributed by atoms with E-state index in [9.17, 15) is 14.7 Å². The summed E-state index contributed by atoms with van der Waals surface area (Å²) in [4.78, 5) is 25.0. The minimum Gasteiger partial charge on any atom is -0.480 e. The third-order valence-corrected chi connectivity index (χ3v) is 3.07. The third-order valence-electron chi connectivity index (χ3n) is 3.07. The van der Waals surface area contributed by atoms with Crippen molar-refractivity contribution < 1.29 is 19.4 Å². The van der Waals surface area contributed by atoms with Crippen molar-refractivity contribution in [3.63, 3.8) is 0 Å². The number of methoxy groups -OCH3 is 1. The smallest absolute Gasteiger partial charge is 0.326 e. The van der Waals surface area contributed by atoms with Gasteiger partial charge in [-0.1, -0.05) is 18.2 Å². The second-order valence-corrected chi connectivity index (χ2v) is 4.56. The van der Waals surface area contributed by atoms with Crippen LogP contribution in [0.3, 0.4) is 0 Å². The summed E-state index contributed by atoms with van der Waals surface area (Å²) in [5.74, 6) is -1.04. The van der Waals surface area contributed by atoms with Crippen molar-refractivity contribution in [3.8, 4) is 0 Å². The number of carbonyl (C=O) groups is 2. The third kappa shape index (κ3) is 5.43. The van der Waals surface area contributed by atoms with Crippen molar-refractivity contribution in [3.05, 3.63) is 30.3 Å². The van der Waals surface area contributed by atoms with Crippen molar-refractivity contribution in [2.45, 2.75) is 25.8 Å². The van der Waals surface area contributed by atoms with Gasteiger partial charge < -0.3 is 15.2 Å². The zero-order valence-corrected chi connectivity index (χ0v) is 12.4. The fraction of sp³-hybridized carbons (Fsp3) is 0.467. The first-order chi connectivity index (χ1) is 10.1. The van der Waals surface area contributed by atoms with Crippen LogP contribution in [0.2, 0.25) is 0 Å². The highest BCUT2D eigenvalue weighted by molar-refractivity contribution is 5.94. The largest absolute Gasteiger partial charge is 0.480 e. The van der Waals surface area contributed by atoms with Gasteiger partial charge in [-0.05, 0) is 31.9 Å². The Morgan fingerprint density at radius 3 is 2.52 bits per heavy atom. The van der Waals surface area contributed by atoms with E-state index in [0.717, 1.165) is 5.69 Å². The molecule has 0 heterocycles. The number of anilines is 1. The molecule has 0 aliphatic rings. The molecule has 6 nitrogen and oxygen atoms in total. The average Bonchev–Trinajstić information content (AvgIpc) is 2.48. The van der Waals surface area contributed by atoms with Crippen LogP contribution in [0.15, 0.2) is 30.3 Å². The Morgan fingerprint density at radius 2 is 2.00 bits per heavy atom. The second-order valence-electron chi connectivity index (χ2n) is 4.56. The Bertz CT molecular complexity index is 450. The number of amides is 2. The number of nitrogens with zero attached hydrogens (tertiary/aromatic N) is 1. The van der Waals surface area contributed by atoms with Gasteiger partial charge in [-0.2, -0.15) is 0 Å². The maximum Gasteiger partial charge on any atom is 0.326 e. The van der Waals surface area contributed by atoms with Gasteiger partial charge >= 0.3 is 12.0 Å². The molecule has 21 heavy (non-hydrogen) atoms. The van der Waals surface area contributed by atoms with Gasteiger partial charge in [0, 0.05) is 25.9 Å². The molecule has 0 aromatic heterocycles. The molecule has 0 aliphatic heterocycles. The lowest BCUT2D eigenvalue weighted by Gasteiger charge is -2.24. The number of urea groups is 1. The number of benzene rings is 1. The standard InChI is InChI=1S/C15H22N2O4/c1-3-17(12-8-5-4-6-9-12)15(20)16-13(14(18)19)10-7-11-21-2/h4-6,8-9,13H,3,7,10-11H2,1-2H3,(H,16,20)(H,18,19). The average molecular weight is 294 g/mol. The first-order valence-corrected chi connectivity index (χ1v) is 6.95. The highest BCUT2D eigenvalue weighted by atomic mass is 16.5. The maximum absolute atomic E-state index is 12.2. The van der Waals surface area contributed by atoms with Crippen LogP contribution in [0, 0.1) is 0 Å². The quantitative estimate of drug-likeness (QED) is 0.720. The van der Waals surface area contributed by atoms with Crippen LogP contribution in [-0.4, -0.2) is 43.4 Å². The van der Waals surface area contributed by atoms with E-state index in [1.165, 1.54) is 4.90 Å². The molecule has 2 N–H and O–H groups in total. The molecule has 0 saturated carbocycles. The number of hydrogen-bond donors (Lipinski definition) is 2. The van der Waals surface area contributed by atoms with Gasteiger partial charge in [-0.25, -0.2) is 9.59 Å². The molecule has 1 aromatic carbocycles. The summed E-state index contributed by atoms with van der Waals surface area (Å²) in [5.41, 5.74) is 0.735. The molecular weight excluding hydrogens is 272 g/mol. The molecule has 1 atom stereocenters. The Balaban J connectivity index is 2.68. The molecule has 2 amide bonds. The first-order valence-electron chi connectivity index (χ1n) is 6.95. The van der Waals surface area contributed by atoms with Crippen molar-refractivity contribution in [1.29, 1.82) is 0 Å². The number of carboxylic acids is 1. The van der Waals surface area contributed by atoms with Crippen molar-refractivity contribution in [1.82, 2.24) is 5.32 Å². The van der Waals surface area contributed by atoms with Crippen LogP contribution in [0.5, 0.6) is 0 Å². The molecule has 1 aromatic rings. The Morgan fingerprint density at radius 1 is 1.33 bits per heavy atom. The molecule has 1 rings (SSSR count). The number of ether oxygens (including phenoxy) is 1. The maximum atomic E-state index is 12.2. The Hall–Kier alpha value is -2.08. The van der Waals surface area contributed by atoms with E-state index >= 15 is 0 Å². The summed E-state index contributed by atoms with van der Waals surface area (Å²) in [7, 11) is 1.56. The monoisotopic (exact) mass is 294 g/mol. The predicted octanol–water partition coefficient (Wildman–Crippen LogP) is 2.10. The van der Waals surface area contributed by atoms with Gasteiger partial charge in [0.05, 0.1) is 0 Å². The van der Waals surface area contributed by atoms with Gasteiger partial charge in [0.15, 0.2) is 0 Å². The van der Waals surface area contributed by atoms with Crippen molar-refractivity contribution in [2.75, 3.05) is 25.2 Å². The molecule has 1 unspecified atom stereocenters. The van der Waals surface area contributed by atoms with Gasteiger partial charge in [0.25, 0.3) is 0 Å². The molecule has 116 valence electrons. The number of rotatable bonds is 8. The highest BCUT2D eigenvalue weighted by Crippen LogP contribution is 2.13. The minimum atomic E-state index is -1.04. The summed E-state index contributed by atoms with van der Waals surface area (Å²) in [6, 6.07) is 7.82. The van der Waals surface area contributed by atoms with Gasteiger partial charge in [0.1, 0.15) is 6.04 Å². The van der Waals surface area contributed by atoms with Crippen LogP contribution in [0.1, 0.15) is 19.8 Å². The van der Waals surface area contributed by atoms with E-state index in [-0.39, 0.29) is 0 Å². The molecule has 0 radical (unpaired) electrons. The van der Waals surface area contributed by atoms with Crippen molar-refractivity contribution >= 4 is 17.7 Å². The molecule has 0 aliphatic carbocycles. The van der Waals surface area contributed by atoms with Crippen LogP contribution < -0.4 is 10.2 Å². The van der Waals surface area contributed by atoms with E-state index in [4.69, 9.17) is 4.74 Å². The lowest BCUT2D eigenvalue weighted by atomic mass is 10.1. The van der Waals surface area contributed by atoms with Gasteiger partial charge in [-0.3, -0.25) is 4.90 Å². The summed E-state index contributed by atoms with van der Waals surface area (Å²) in [6.45, 7) is 2.77. The molecule has 0 saturated heterocycles. The SMILES string of the molecule is CCN(C(=O)NC(CCCOC)C(=O)O)c1ccccc1. The van der Waals surface area contributed by atoms with E-state index in [2.05, 4.69) is 5.32 Å². The van der Waals surface area contributed by atoms with Crippen LogP contribution in [0.25, 0.3) is 0 Å². The van der Waals surface area contributed by atoms with Crippen LogP contribution in [-0.2, 0) is 9.53 Å². The fourth-order valence-corrected chi connectivity index (χ4v) is 1.97. The molecule has 0 bridgehead atoms. The Kier molecular flexibility index (Phi) is 7.25. The number of aliphatic carboxylic acids is 1. The minimum absolute atomic E-state index is 0.335. The summed E-state index contributed by atoms with van der Waals surface area (Å²) < 4.78 is 4.90. The lowest BCUT2D eigenvalue weighted by Crippen LogP contribution is -2.48. The fourth-order valence-electron chi connectivity index (χ4n) is 1.97. The number of nitrogens with one attached hydrogen (secondary N) is 1. The Labute approximate surface area is 124 Å². The van der Waals surface area contributed by atoms with E-state index in [0.29, 0.717) is 26.0 Å². The molecular formula is C15H22N2O4. The number of para-hydroxylation sites is 1. The highest BCUT2D eigenvalue weighted by Gasteiger charge is 2.22. The zero-order chi connectivity index (χ0) is 15.7. The lowest BCUT2D eigenvalue weighted by molar-refractivity contribution is -0.139. The van der Waals surface area contributed by atoms with E-state index < -0.39 is 18.0 Å². The molecule has 6 heteroatoms. The summed E-state index contributed by atoms with van der Waals surface area (Å²) in [5, 5.41) is 11.7. The van der Waals surface area contributed by atoms with Gasteiger partial charge in [-0.15, -0.1) is 0 Å². The number of carbonyl (C=O) groups excluding carboxylic acids is 1. The van der Waals surface area contributed by atoms with Crippen LogP contribution >= 0.6 is 0 Å². The van der Waals surface area contributed by atoms with Crippen LogP contribution in [0.4, 0.5) is 10.5 Å². The normalized spacial score (nSPS) is 11.7. The molecule has 0 fully saturated rings. The van der Waals surface area contributed by atoms with E-state index in [1.807, 2.05) is 37.3 Å². The number of hydrogen-bond acceptors (Lipinski definition) is 3. The topological polar surface area (TPSA) is 78.9 Å². The van der Waals surface area contributed by atoms with Gasteiger partial charge in [0.2, 0.25) is 0 Å². The first kappa shape index (κ1) is 17.0. The zero-order valence-electron chi connectivity index (χ0n) is 12.4. The summed E-state index contributed by atoms with van der Waals surface area (Å²) >= 11 is 0. The molecule has 0 spiro atoms. The summed E-state index contributed by atoms with van der Waals surface area (Å²) in [6.07, 6.45) is 0.909.